The summed E-state index contributed by atoms with van der Waals surface area (Å²) in [5.41, 5.74) is 0. The second kappa shape index (κ2) is 30.1. The maximum absolute atomic E-state index is 8.89. The van der Waals surface area contributed by atoms with E-state index >= 15 is 0 Å². The number of unbranched alkanes of at least 4 members (excludes halogenated alkanes) is 18. The molecular weight excluding hydrogens is 447 g/mol. The third-order valence-electron chi connectivity index (χ3n) is 7.44. The molecule has 0 aliphatic carbocycles. The molecule has 0 radical (unpaired) electrons. The Morgan fingerprint density at radius 2 is 0.629 bits per heavy atom. The van der Waals surface area contributed by atoms with Gasteiger partial charge in [-0.05, 0) is 39.0 Å². The van der Waals surface area contributed by atoms with Gasteiger partial charge in [-0.2, -0.15) is 0 Å². The average Bonchev–Trinajstić information content (AvgIpc) is 2.84. The zero-order valence-electron chi connectivity index (χ0n) is 25.1. The topological polar surface area (TPSA) is 40.1 Å². The normalized spacial score (nSPS) is 11.3. The van der Waals surface area contributed by atoms with E-state index in [1.807, 2.05) is 0 Å². The van der Waals surface area contributed by atoms with Gasteiger partial charge < -0.3 is 9.90 Å². The van der Waals surface area contributed by atoms with E-state index in [1.54, 1.807) is 31.1 Å². The standard InChI is InChI=1S/C30H64P.C2H4O2/c1-5-9-13-14-15-16-17-18-19-20-21-22-23-24-25-26-30-31(27-10-6-2,28-11-7-3)29-12-8-4;1-2(3)4/h5-30H2,1-4H3;1H3,(H,3,4)/q+1;/p-1. The molecule has 0 aromatic rings. The summed E-state index contributed by atoms with van der Waals surface area (Å²) < 4.78 is 0. The minimum Gasteiger partial charge on any atom is -0.550 e. The van der Waals surface area contributed by atoms with Gasteiger partial charge in [0.1, 0.15) is 0 Å². The number of carboxylic acid groups (broad SMARTS) is 1. The van der Waals surface area contributed by atoms with Gasteiger partial charge in [-0.15, -0.1) is 0 Å². The molecule has 0 atom stereocenters. The number of carbonyl (C=O) groups excluding carboxylic acids is 1. The smallest absolute Gasteiger partial charge is 0.0594 e. The first kappa shape index (κ1) is 37.1. The lowest BCUT2D eigenvalue weighted by atomic mass is 10.0. The van der Waals surface area contributed by atoms with Crippen molar-refractivity contribution in [2.75, 3.05) is 24.6 Å². The summed E-state index contributed by atoms with van der Waals surface area (Å²) in [4.78, 5) is 8.89. The minimum atomic E-state index is -1.08. The Morgan fingerprint density at radius 3 is 0.886 bits per heavy atom. The Balaban J connectivity index is 0. The quantitative estimate of drug-likeness (QED) is 0.0850. The van der Waals surface area contributed by atoms with Gasteiger partial charge in [-0.3, -0.25) is 0 Å². The number of aliphatic carboxylic acids is 1. The van der Waals surface area contributed by atoms with Crippen LogP contribution < -0.4 is 5.11 Å². The highest BCUT2D eigenvalue weighted by molar-refractivity contribution is 7.75. The molecule has 0 unspecified atom stereocenters. The van der Waals surface area contributed by atoms with Crippen LogP contribution in [0.3, 0.4) is 0 Å². The lowest BCUT2D eigenvalue weighted by molar-refractivity contribution is -0.302. The monoisotopic (exact) mass is 514 g/mol. The second-order valence-electron chi connectivity index (χ2n) is 11.1. The van der Waals surface area contributed by atoms with Crippen LogP contribution in [0, 0.1) is 0 Å². The molecule has 0 bridgehead atoms. The molecule has 0 aromatic carbocycles. The molecule has 0 fully saturated rings. The van der Waals surface area contributed by atoms with Gasteiger partial charge >= 0.3 is 0 Å². The third-order valence-corrected chi connectivity index (χ3v) is 12.5. The van der Waals surface area contributed by atoms with Gasteiger partial charge in [0, 0.05) is 13.2 Å². The summed E-state index contributed by atoms with van der Waals surface area (Å²) in [7, 11) is -0.634. The molecule has 0 aromatic heterocycles. The van der Waals surface area contributed by atoms with Crippen molar-refractivity contribution >= 4 is 13.2 Å². The van der Waals surface area contributed by atoms with E-state index in [0.29, 0.717) is 0 Å². The SMILES string of the molecule is CC(=O)[O-].CCCCCCCCCCCCCCCCCC[P+](CCCC)(CCCC)CCCC. The minimum absolute atomic E-state index is 0.634. The van der Waals surface area contributed by atoms with E-state index in [4.69, 9.17) is 9.90 Å². The fraction of sp³-hybridized carbons (Fsp3) is 0.969. The van der Waals surface area contributed by atoms with Crippen molar-refractivity contribution in [3.63, 3.8) is 0 Å². The fourth-order valence-electron chi connectivity index (χ4n) is 5.15. The molecule has 0 amide bonds. The molecule has 0 aliphatic rings. The summed E-state index contributed by atoms with van der Waals surface area (Å²) in [6.45, 7) is 10.5. The highest BCUT2D eigenvalue weighted by Gasteiger charge is 2.34. The van der Waals surface area contributed by atoms with Gasteiger partial charge in [0.05, 0.1) is 24.6 Å². The molecule has 212 valence electrons. The fourth-order valence-corrected chi connectivity index (χ4v) is 10.3. The van der Waals surface area contributed by atoms with Gasteiger partial charge in [0.15, 0.2) is 0 Å². The Hall–Kier alpha value is -0.100. The number of rotatable bonds is 26. The van der Waals surface area contributed by atoms with Crippen molar-refractivity contribution in [2.24, 2.45) is 0 Å². The van der Waals surface area contributed by atoms with Crippen LogP contribution in [0.4, 0.5) is 0 Å². The van der Waals surface area contributed by atoms with E-state index in [0.717, 1.165) is 6.92 Å². The first-order chi connectivity index (χ1) is 17.0. The Bertz CT molecular complexity index is 385. The number of carbonyl (C=O) groups is 1. The van der Waals surface area contributed by atoms with E-state index in [2.05, 4.69) is 27.7 Å². The van der Waals surface area contributed by atoms with Gasteiger partial charge in [-0.1, -0.05) is 137 Å². The molecule has 0 saturated carbocycles. The summed E-state index contributed by atoms with van der Waals surface area (Å²) >= 11 is 0. The number of hydrogen-bond donors (Lipinski definition) is 0. The molecule has 0 spiro atoms. The van der Waals surface area contributed by atoms with Crippen molar-refractivity contribution in [1.82, 2.24) is 0 Å². The zero-order valence-corrected chi connectivity index (χ0v) is 26.0. The molecular formula is C32H67O2P. The Labute approximate surface area is 223 Å². The lowest BCUT2D eigenvalue weighted by Gasteiger charge is -2.28. The summed E-state index contributed by atoms with van der Waals surface area (Å²) in [6.07, 6.45) is 39.0. The van der Waals surface area contributed by atoms with Crippen LogP contribution in [0.1, 0.15) is 176 Å². The molecule has 3 heteroatoms. The van der Waals surface area contributed by atoms with Crippen molar-refractivity contribution in [3.8, 4) is 0 Å². The molecule has 35 heavy (non-hydrogen) atoms. The first-order valence-electron chi connectivity index (χ1n) is 16.0. The highest BCUT2D eigenvalue weighted by Crippen LogP contribution is 2.61. The average molecular weight is 515 g/mol. The molecule has 2 nitrogen and oxygen atoms in total. The van der Waals surface area contributed by atoms with Gasteiger partial charge in [0.25, 0.3) is 0 Å². The number of carboxylic acids is 1. The molecule has 0 heterocycles. The Morgan fingerprint density at radius 1 is 0.429 bits per heavy atom. The molecule has 0 saturated heterocycles. The second-order valence-corrected chi connectivity index (χ2v) is 15.6. The largest absolute Gasteiger partial charge is 0.550 e. The van der Waals surface area contributed by atoms with Crippen LogP contribution in [0.25, 0.3) is 0 Å². The highest BCUT2D eigenvalue weighted by atomic mass is 31.2. The third kappa shape index (κ3) is 30.0. The van der Waals surface area contributed by atoms with Gasteiger partial charge in [-0.25, -0.2) is 0 Å². The maximum Gasteiger partial charge on any atom is 0.0594 e. The van der Waals surface area contributed by atoms with Crippen molar-refractivity contribution in [1.29, 1.82) is 0 Å². The maximum atomic E-state index is 8.89. The van der Waals surface area contributed by atoms with Crippen molar-refractivity contribution in [3.05, 3.63) is 0 Å². The van der Waals surface area contributed by atoms with Crippen LogP contribution in [-0.2, 0) is 4.79 Å². The Kier molecular flexibility index (Phi) is 31.9. The molecule has 0 aliphatic heterocycles. The zero-order chi connectivity index (χ0) is 26.5. The lowest BCUT2D eigenvalue weighted by Crippen LogP contribution is -2.16. The van der Waals surface area contributed by atoms with Crippen molar-refractivity contribution < 1.29 is 9.90 Å². The molecule has 0 rings (SSSR count). The predicted octanol–water partition coefficient (Wildman–Crippen LogP) is 10.4. The van der Waals surface area contributed by atoms with E-state index in [-0.39, 0.29) is 0 Å². The van der Waals surface area contributed by atoms with Crippen molar-refractivity contribution in [2.45, 2.75) is 176 Å². The van der Waals surface area contributed by atoms with E-state index < -0.39 is 13.2 Å². The van der Waals surface area contributed by atoms with Crippen LogP contribution in [0.2, 0.25) is 0 Å². The van der Waals surface area contributed by atoms with Crippen LogP contribution in [0.5, 0.6) is 0 Å². The summed E-state index contributed by atoms with van der Waals surface area (Å²) in [5, 5.41) is 8.89. The number of hydrogen-bond acceptors (Lipinski definition) is 2. The summed E-state index contributed by atoms with van der Waals surface area (Å²) in [5.74, 6) is -1.08. The van der Waals surface area contributed by atoms with Crippen LogP contribution in [0.15, 0.2) is 0 Å². The molecule has 0 N–H and O–H groups in total. The van der Waals surface area contributed by atoms with Gasteiger partial charge in [0.2, 0.25) is 0 Å². The summed E-state index contributed by atoms with van der Waals surface area (Å²) in [6, 6.07) is 0. The predicted molar refractivity (Wildman–Crippen MR) is 161 cm³/mol. The van der Waals surface area contributed by atoms with Crippen LogP contribution in [-0.4, -0.2) is 30.6 Å². The van der Waals surface area contributed by atoms with E-state index in [1.165, 1.54) is 135 Å². The van der Waals surface area contributed by atoms with E-state index in [9.17, 15) is 0 Å². The first-order valence-corrected chi connectivity index (χ1v) is 18.5. The van der Waals surface area contributed by atoms with Crippen LogP contribution >= 0.6 is 7.26 Å².